The Balaban J connectivity index is 1.33. The van der Waals surface area contributed by atoms with Gasteiger partial charge in [0.25, 0.3) is 5.91 Å². The van der Waals surface area contributed by atoms with Crippen molar-refractivity contribution in [3.8, 4) is 0 Å². The maximum atomic E-state index is 13.9. The van der Waals surface area contributed by atoms with Gasteiger partial charge in [-0.2, -0.15) is 15.4 Å². The molecular weight excluding hydrogens is 510 g/mol. The van der Waals surface area contributed by atoms with Gasteiger partial charge in [0.2, 0.25) is 17.7 Å². The molecule has 11 heteroatoms. The van der Waals surface area contributed by atoms with Crippen LogP contribution in [0.2, 0.25) is 0 Å². The Morgan fingerprint density at radius 1 is 1.10 bits per heavy atom. The highest BCUT2D eigenvalue weighted by Crippen LogP contribution is 2.39. The minimum Gasteiger partial charge on any atom is -0.348 e. The van der Waals surface area contributed by atoms with Gasteiger partial charge < -0.3 is 16.0 Å². The van der Waals surface area contributed by atoms with E-state index in [0.717, 1.165) is 22.4 Å². The lowest BCUT2D eigenvalue weighted by atomic mass is 9.99. The molecule has 3 aromatic rings. The van der Waals surface area contributed by atoms with Gasteiger partial charge in [0.1, 0.15) is 23.8 Å². The van der Waals surface area contributed by atoms with Crippen molar-refractivity contribution in [3.63, 3.8) is 0 Å². The number of hydrogen-bond donors (Lipinski definition) is 4. The number of nitrogens with zero attached hydrogens (tertiary/aromatic N) is 3. The second-order valence-corrected chi connectivity index (χ2v) is 10.7. The van der Waals surface area contributed by atoms with E-state index in [0.29, 0.717) is 30.5 Å². The van der Waals surface area contributed by atoms with Gasteiger partial charge in [-0.25, -0.2) is 0 Å². The molecule has 2 aliphatic heterocycles. The van der Waals surface area contributed by atoms with Crippen molar-refractivity contribution in [2.45, 2.75) is 64.7 Å². The Hall–Kier alpha value is -4.54. The molecule has 208 valence electrons. The van der Waals surface area contributed by atoms with E-state index in [2.05, 4.69) is 31.4 Å². The summed E-state index contributed by atoms with van der Waals surface area (Å²) in [6.45, 7) is 5.79. The van der Waals surface area contributed by atoms with E-state index < -0.39 is 24.0 Å². The largest absolute Gasteiger partial charge is 0.348 e. The highest BCUT2D eigenvalue weighted by Gasteiger charge is 2.44. The van der Waals surface area contributed by atoms with Crippen molar-refractivity contribution in [1.29, 1.82) is 0 Å². The zero-order valence-corrected chi connectivity index (χ0v) is 22.7. The van der Waals surface area contributed by atoms with Crippen molar-refractivity contribution in [3.05, 3.63) is 76.6 Å². The summed E-state index contributed by atoms with van der Waals surface area (Å²) in [6, 6.07) is 10.5. The monoisotopic (exact) mass is 543 g/mol. The van der Waals surface area contributed by atoms with Crippen LogP contribution >= 0.6 is 0 Å². The van der Waals surface area contributed by atoms with Gasteiger partial charge >= 0.3 is 0 Å². The summed E-state index contributed by atoms with van der Waals surface area (Å²) >= 11 is 0. The lowest BCUT2D eigenvalue weighted by molar-refractivity contribution is -0.130. The van der Waals surface area contributed by atoms with Gasteiger partial charge in [-0.15, -0.1) is 0 Å². The van der Waals surface area contributed by atoms with Crippen molar-refractivity contribution in [2.75, 3.05) is 4.90 Å². The Morgan fingerprint density at radius 2 is 1.85 bits per heavy atom. The third-order valence-electron chi connectivity index (χ3n) is 7.48. The number of aromatic amines is 1. The van der Waals surface area contributed by atoms with Crippen molar-refractivity contribution in [2.24, 2.45) is 5.92 Å². The van der Waals surface area contributed by atoms with Gasteiger partial charge in [0.15, 0.2) is 0 Å². The first-order valence-electron chi connectivity index (χ1n) is 13.5. The Kier molecular flexibility index (Phi) is 7.63. The predicted molar refractivity (Wildman–Crippen MR) is 147 cm³/mol. The molecule has 0 radical (unpaired) electrons. The fraction of sp³-hybridized carbons (Fsp3) is 0.379. The maximum Gasteiger partial charge on any atom is 0.251 e. The summed E-state index contributed by atoms with van der Waals surface area (Å²) < 4.78 is 0. The minimum absolute atomic E-state index is 0.175. The van der Waals surface area contributed by atoms with Crippen LogP contribution in [0.1, 0.15) is 53.0 Å². The summed E-state index contributed by atoms with van der Waals surface area (Å²) in [4.78, 5) is 55.1. The van der Waals surface area contributed by atoms with Crippen LogP contribution in [0.15, 0.2) is 48.7 Å². The lowest BCUT2D eigenvalue weighted by Gasteiger charge is -2.29. The number of H-pyrrole nitrogens is 1. The van der Waals surface area contributed by atoms with E-state index in [4.69, 9.17) is 0 Å². The van der Waals surface area contributed by atoms with Crippen LogP contribution in [-0.4, -0.2) is 57.2 Å². The molecule has 0 unspecified atom stereocenters. The number of carbonyl (C=O) groups excluding carboxylic acids is 4. The fourth-order valence-electron chi connectivity index (χ4n) is 5.31. The van der Waals surface area contributed by atoms with Crippen LogP contribution in [-0.2, 0) is 33.8 Å². The highest BCUT2D eigenvalue weighted by atomic mass is 16.2. The van der Waals surface area contributed by atoms with Crippen LogP contribution in [0.25, 0.3) is 0 Å². The number of aryl methyl sites for hydroxylation is 2. The van der Waals surface area contributed by atoms with Crippen molar-refractivity contribution < 1.29 is 19.2 Å². The molecule has 1 aromatic heterocycles. The Morgan fingerprint density at radius 3 is 2.55 bits per heavy atom. The first-order chi connectivity index (χ1) is 19.2. The SMILES string of the molecule is Cc1ccc(C(=O)N[C@H](C(=O)N[C@H]2CCc3cccc4c3N(C2=O)[C@H](C(=O)NCc2cn[nH]n2)C4)C(C)C)cc1. The van der Waals surface area contributed by atoms with E-state index in [1.807, 2.05) is 51.1 Å². The number of nitrogens with one attached hydrogen (secondary N) is 4. The predicted octanol–water partition coefficient (Wildman–Crippen LogP) is 1.57. The van der Waals surface area contributed by atoms with Gasteiger partial charge in [-0.1, -0.05) is 49.7 Å². The molecule has 0 fully saturated rings. The number of para-hydroxylation sites is 1. The fourth-order valence-corrected chi connectivity index (χ4v) is 5.31. The number of benzene rings is 2. The maximum absolute atomic E-state index is 13.9. The molecule has 0 bridgehead atoms. The second-order valence-electron chi connectivity index (χ2n) is 10.7. The van der Waals surface area contributed by atoms with Gasteiger partial charge in [-0.3, -0.25) is 24.1 Å². The second kappa shape index (κ2) is 11.3. The zero-order valence-electron chi connectivity index (χ0n) is 22.7. The average molecular weight is 544 g/mol. The quantitative estimate of drug-likeness (QED) is 0.339. The molecule has 40 heavy (non-hydrogen) atoms. The zero-order chi connectivity index (χ0) is 28.4. The molecule has 0 aliphatic carbocycles. The number of hydrogen-bond acceptors (Lipinski definition) is 6. The van der Waals surface area contributed by atoms with Crippen LogP contribution < -0.4 is 20.9 Å². The first-order valence-corrected chi connectivity index (χ1v) is 13.5. The molecule has 4 N–H and O–H groups in total. The van der Waals surface area contributed by atoms with Gasteiger partial charge in [-0.05, 0) is 48.9 Å². The molecule has 2 aliphatic rings. The van der Waals surface area contributed by atoms with Crippen LogP contribution in [0.4, 0.5) is 5.69 Å². The van der Waals surface area contributed by atoms with E-state index in [1.165, 1.54) is 11.1 Å². The number of amides is 4. The first kappa shape index (κ1) is 27.0. The molecular formula is C29H33N7O4. The molecule has 2 aromatic carbocycles. The van der Waals surface area contributed by atoms with E-state index in [-0.39, 0.29) is 30.2 Å². The van der Waals surface area contributed by atoms with E-state index >= 15 is 0 Å². The topological polar surface area (TPSA) is 149 Å². The molecule has 3 heterocycles. The summed E-state index contributed by atoms with van der Waals surface area (Å²) in [7, 11) is 0. The number of rotatable bonds is 8. The third-order valence-corrected chi connectivity index (χ3v) is 7.48. The van der Waals surface area contributed by atoms with Crippen LogP contribution in [0.3, 0.4) is 0 Å². The minimum atomic E-state index is -0.853. The molecule has 0 saturated carbocycles. The number of anilines is 1. The Bertz CT molecular complexity index is 1420. The molecule has 11 nitrogen and oxygen atoms in total. The summed E-state index contributed by atoms with van der Waals surface area (Å²) in [6.07, 6.45) is 2.84. The van der Waals surface area contributed by atoms with Crippen molar-refractivity contribution in [1.82, 2.24) is 31.4 Å². The molecule has 3 atom stereocenters. The highest BCUT2D eigenvalue weighted by molar-refractivity contribution is 6.08. The summed E-state index contributed by atoms with van der Waals surface area (Å²) in [5.74, 6) is -1.67. The van der Waals surface area contributed by atoms with Gasteiger partial charge in [0, 0.05) is 12.0 Å². The van der Waals surface area contributed by atoms with Crippen LogP contribution in [0.5, 0.6) is 0 Å². The van der Waals surface area contributed by atoms with Gasteiger partial charge in [0.05, 0.1) is 18.4 Å². The Labute approximate surface area is 232 Å². The average Bonchev–Trinajstić information content (AvgIpc) is 3.57. The van der Waals surface area contributed by atoms with E-state index in [1.54, 1.807) is 12.1 Å². The summed E-state index contributed by atoms with van der Waals surface area (Å²) in [5, 5.41) is 18.8. The number of carbonyl (C=O) groups is 4. The summed E-state index contributed by atoms with van der Waals surface area (Å²) in [5.41, 5.74) is 4.68. The molecule has 5 rings (SSSR count). The van der Waals surface area contributed by atoms with Crippen LogP contribution in [0, 0.1) is 12.8 Å². The normalized spacial score (nSPS) is 18.6. The van der Waals surface area contributed by atoms with Crippen molar-refractivity contribution >= 4 is 29.3 Å². The molecule has 4 amide bonds. The standard InChI is InChI=1S/C29H33N7O4/c1-16(2)24(33-26(37)19-9-7-17(3)8-10-19)28(39)32-22-12-11-18-5-4-6-20-13-23(36(25(18)20)29(22)40)27(38)30-14-21-15-31-35-34-21/h4-10,15-16,22-24H,11-14H2,1-3H3,(H,30,38)(H,32,39)(H,33,37)(H,31,34,35)/t22-,23-,24-/m0/s1. The third kappa shape index (κ3) is 5.45. The van der Waals surface area contributed by atoms with E-state index in [9.17, 15) is 19.2 Å². The smallest absolute Gasteiger partial charge is 0.251 e. The molecule has 0 saturated heterocycles. The lowest BCUT2D eigenvalue weighted by Crippen LogP contribution is -2.58. The number of aromatic nitrogens is 3. The molecule has 0 spiro atoms.